The third-order valence-corrected chi connectivity index (χ3v) is 3.95. The van der Waals surface area contributed by atoms with Gasteiger partial charge in [-0.2, -0.15) is 39.5 Å². The van der Waals surface area contributed by atoms with Gasteiger partial charge in [0.05, 0.1) is 13.0 Å². The van der Waals surface area contributed by atoms with Crippen LogP contribution < -0.4 is 4.74 Å². The van der Waals surface area contributed by atoms with Crippen LogP contribution in [0.4, 0.5) is 39.5 Å². The summed E-state index contributed by atoms with van der Waals surface area (Å²) in [7, 11) is 0. The average Bonchev–Trinajstić information content (AvgIpc) is 2.61. The molecule has 2 rings (SSSR count). The molecular weight excluding hydrogens is 419 g/mol. The molecule has 11 heteroatoms. The summed E-state index contributed by atoms with van der Waals surface area (Å²) >= 11 is 0. The molecule has 2 aromatic rings. The topological polar surface area (TPSA) is 29.5 Å². The van der Waals surface area contributed by atoms with Crippen LogP contribution in [0.5, 0.6) is 11.5 Å². The van der Waals surface area contributed by atoms with Crippen molar-refractivity contribution in [2.24, 2.45) is 0 Å². The maximum absolute atomic E-state index is 13.4. The van der Waals surface area contributed by atoms with Crippen LogP contribution in [-0.4, -0.2) is 35.7 Å². The highest BCUT2D eigenvalue weighted by Gasteiger charge is 2.81. The lowest BCUT2D eigenvalue weighted by molar-refractivity contribution is -0.397. The minimum atomic E-state index is -6.91. The number of hydrogen-bond donors (Lipinski definition) is 1. The van der Waals surface area contributed by atoms with Crippen LogP contribution in [0, 0.1) is 0 Å². The van der Waals surface area contributed by atoms with E-state index in [1.807, 2.05) is 0 Å². The lowest BCUT2D eigenvalue weighted by Crippen LogP contribution is -2.61. The fourth-order valence-electron chi connectivity index (χ4n) is 2.26. The first-order valence-electron chi connectivity index (χ1n) is 7.91. The predicted molar refractivity (Wildman–Crippen MR) is 84.6 cm³/mol. The number of alkyl halides is 9. The molecule has 0 radical (unpaired) electrons. The Labute approximate surface area is 158 Å². The van der Waals surface area contributed by atoms with Crippen molar-refractivity contribution < 1.29 is 49.4 Å². The van der Waals surface area contributed by atoms with Gasteiger partial charge >= 0.3 is 23.9 Å². The smallest absolute Gasteiger partial charge is 0.460 e. The number of aromatic hydroxyl groups is 1. The first kappa shape index (κ1) is 22.7. The number of phenolic OH excluding ortho intramolecular Hbond substituents is 1. The van der Waals surface area contributed by atoms with E-state index in [4.69, 9.17) is 4.74 Å². The van der Waals surface area contributed by atoms with E-state index in [0.29, 0.717) is 11.1 Å². The van der Waals surface area contributed by atoms with Crippen molar-refractivity contribution in [1.82, 2.24) is 0 Å². The SMILES string of the molecule is Oc1ccc(-c2ccc(OCCC(F)(F)C(F)(F)C(F)(F)C(F)(F)F)cc2)cc1. The van der Waals surface area contributed by atoms with E-state index in [1.165, 1.54) is 36.4 Å². The summed E-state index contributed by atoms with van der Waals surface area (Å²) in [6.07, 6.45) is -8.91. The summed E-state index contributed by atoms with van der Waals surface area (Å²) in [5.74, 6) is -19.3. The van der Waals surface area contributed by atoms with E-state index in [-0.39, 0.29) is 11.5 Å². The molecule has 2 nitrogen and oxygen atoms in total. The van der Waals surface area contributed by atoms with Gasteiger partial charge in [0.25, 0.3) is 0 Å². The molecule has 1 N–H and O–H groups in total. The molecule has 0 aliphatic heterocycles. The van der Waals surface area contributed by atoms with Crippen LogP contribution in [0.2, 0.25) is 0 Å². The lowest BCUT2D eigenvalue weighted by Gasteiger charge is -2.33. The van der Waals surface area contributed by atoms with Gasteiger partial charge in [-0.25, -0.2) is 0 Å². The van der Waals surface area contributed by atoms with E-state index in [1.54, 1.807) is 12.1 Å². The molecule has 2 aromatic carbocycles. The molecule has 0 saturated heterocycles. The molecular formula is C18H13F9O2. The minimum absolute atomic E-state index is 0.0301. The molecule has 0 aliphatic carbocycles. The van der Waals surface area contributed by atoms with Crippen LogP contribution in [0.1, 0.15) is 6.42 Å². The van der Waals surface area contributed by atoms with Gasteiger partial charge in [0.15, 0.2) is 0 Å². The third kappa shape index (κ3) is 4.54. The van der Waals surface area contributed by atoms with Gasteiger partial charge in [-0.3, -0.25) is 0 Å². The first-order chi connectivity index (χ1) is 13.2. The summed E-state index contributed by atoms with van der Waals surface area (Å²) in [5.41, 5.74) is 1.30. The highest BCUT2D eigenvalue weighted by Crippen LogP contribution is 2.53. The van der Waals surface area contributed by atoms with Crippen LogP contribution in [0.25, 0.3) is 11.1 Å². The summed E-state index contributed by atoms with van der Waals surface area (Å²) < 4.78 is 120. The van der Waals surface area contributed by atoms with E-state index < -0.39 is 37.0 Å². The summed E-state index contributed by atoms with van der Waals surface area (Å²) in [4.78, 5) is 0. The van der Waals surface area contributed by atoms with Gasteiger partial charge in [-0.05, 0) is 35.4 Å². The number of rotatable bonds is 7. The molecule has 160 valence electrons. The zero-order valence-electron chi connectivity index (χ0n) is 14.3. The van der Waals surface area contributed by atoms with Crippen LogP contribution in [0.3, 0.4) is 0 Å². The lowest BCUT2D eigenvalue weighted by atomic mass is 10.0. The monoisotopic (exact) mass is 432 g/mol. The van der Waals surface area contributed by atoms with Crippen molar-refractivity contribution in [1.29, 1.82) is 0 Å². The zero-order chi connectivity index (χ0) is 22.1. The summed E-state index contributed by atoms with van der Waals surface area (Å²) in [5, 5.41) is 9.22. The number of benzene rings is 2. The number of hydrogen-bond acceptors (Lipinski definition) is 2. The normalized spacial score (nSPS) is 13.4. The fraction of sp³-hybridized carbons (Fsp3) is 0.333. The van der Waals surface area contributed by atoms with Gasteiger partial charge in [0.1, 0.15) is 11.5 Å². The number of ether oxygens (including phenoxy) is 1. The van der Waals surface area contributed by atoms with Gasteiger partial charge in [-0.1, -0.05) is 24.3 Å². The van der Waals surface area contributed by atoms with Gasteiger partial charge < -0.3 is 9.84 Å². The Bertz CT molecular complexity index is 813. The molecule has 0 unspecified atom stereocenters. The Morgan fingerprint density at radius 2 is 1.10 bits per heavy atom. The Balaban J connectivity index is 2.02. The van der Waals surface area contributed by atoms with Gasteiger partial charge in [0, 0.05) is 0 Å². The second-order valence-corrected chi connectivity index (χ2v) is 6.02. The first-order valence-corrected chi connectivity index (χ1v) is 7.91. The predicted octanol–water partition coefficient (Wildman–Crippen LogP) is 6.30. The molecule has 0 aliphatic rings. The highest BCUT2D eigenvalue weighted by atomic mass is 19.4. The van der Waals surface area contributed by atoms with Crippen molar-refractivity contribution in [3.63, 3.8) is 0 Å². The summed E-state index contributed by atoms with van der Waals surface area (Å²) in [6.45, 7) is -1.23. The van der Waals surface area contributed by atoms with Crippen molar-refractivity contribution in [2.45, 2.75) is 30.4 Å². The zero-order valence-corrected chi connectivity index (χ0v) is 14.3. The molecule has 29 heavy (non-hydrogen) atoms. The maximum Gasteiger partial charge on any atom is 0.460 e. The quantitative estimate of drug-likeness (QED) is 0.521. The number of halogens is 9. The maximum atomic E-state index is 13.4. The average molecular weight is 432 g/mol. The molecule has 0 spiro atoms. The van der Waals surface area contributed by atoms with E-state index >= 15 is 0 Å². The molecule has 0 heterocycles. The largest absolute Gasteiger partial charge is 0.508 e. The molecule has 0 fully saturated rings. The van der Waals surface area contributed by atoms with Crippen LogP contribution in [-0.2, 0) is 0 Å². The van der Waals surface area contributed by atoms with E-state index in [2.05, 4.69) is 0 Å². The fourth-order valence-corrected chi connectivity index (χ4v) is 2.26. The molecule has 0 amide bonds. The Morgan fingerprint density at radius 3 is 1.55 bits per heavy atom. The highest BCUT2D eigenvalue weighted by molar-refractivity contribution is 5.64. The molecule has 0 atom stereocenters. The van der Waals surface area contributed by atoms with Crippen molar-refractivity contribution in [2.75, 3.05) is 6.61 Å². The standard InChI is InChI=1S/C18H13F9O2/c19-15(20,16(21,22)17(23,24)18(25,26)27)9-10-29-14-7-3-12(4-8-14)11-1-5-13(28)6-2-11/h1-8,28H,9-10H2. The van der Waals surface area contributed by atoms with Crippen LogP contribution in [0.15, 0.2) is 48.5 Å². The second kappa shape index (κ2) is 7.68. The van der Waals surface area contributed by atoms with Gasteiger partial charge in [0.2, 0.25) is 0 Å². The molecule has 0 bridgehead atoms. The Morgan fingerprint density at radius 1 is 0.655 bits per heavy atom. The van der Waals surface area contributed by atoms with Crippen molar-refractivity contribution in [3.05, 3.63) is 48.5 Å². The third-order valence-electron chi connectivity index (χ3n) is 3.95. The van der Waals surface area contributed by atoms with E-state index in [0.717, 1.165) is 0 Å². The van der Waals surface area contributed by atoms with Gasteiger partial charge in [-0.15, -0.1) is 0 Å². The Hall–Kier alpha value is -2.59. The Kier molecular flexibility index (Phi) is 6.01. The molecule has 0 saturated carbocycles. The molecule has 0 aromatic heterocycles. The van der Waals surface area contributed by atoms with E-state index in [9.17, 15) is 44.6 Å². The van der Waals surface area contributed by atoms with Crippen molar-refractivity contribution in [3.8, 4) is 22.6 Å². The van der Waals surface area contributed by atoms with Crippen LogP contribution >= 0.6 is 0 Å². The second-order valence-electron chi connectivity index (χ2n) is 6.02. The minimum Gasteiger partial charge on any atom is -0.508 e. The number of phenols is 1. The summed E-state index contributed by atoms with van der Waals surface area (Å²) in [6, 6.07) is 11.4. The van der Waals surface area contributed by atoms with Crippen molar-refractivity contribution >= 4 is 0 Å².